The van der Waals surface area contributed by atoms with Crippen molar-refractivity contribution in [2.75, 3.05) is 0 Å². The fourth-order valence-electron chi connectivity index (χ4n) is 7.38. The Kier molecular flexibility index (Phi) is 11.8. The van der Waals surface area contributed by atoms with E-state index in [9.17, 15) is 71.9 Å². The Morgan fingerprint density at radius 1 is 0.273 bits per heavy atom. The zero-order chi connectivity index (χ0) is 48.0. The van der Waals surface area contributed by atoms with Crippen molar-refractivity contribution in [1.82, 2.24) is 0 Å². The molecular formula is C46H24F12O8. The lowest BCUT2D eigenvalue weighted by Gasteiger charge is -2.38. The van der Waals surface area contributed by atoms with Gasteiger partial charge in [0.2, 0.25) is 10.8 Å². The Hall–Kier alpha value is -7.64. The third kappa shape index (κ3) is 8.06. The zero-order valence-corrected chi connectivity index (χ0v) is 32.7. The molecule has 66 heavy (non-hydrogen) atoms. The van der Waals surface area contributed by atoms with Crippen molar-refractivity contribution in [3.05, 3.63) is 190 Å². The normalized spacial score (nSPS) is 15.8. The molecule has 0 saturated carbocycles. The van der Waals surface area contributed by atoms with Gasteiger partial charge in [-0.25, -0.2) is 19.2 Å². The first kappa shape index (κ1) is 46.4. The molecule has 340 valence electrons. The fourth-order valence-corrected chi connectivity index (χ4v) is 7.38. The van der Waals surface area contributed by atoms with Crippen LogP contribution in [-0.4, -0.2) is 48.6 Å². The molecule has 0 amide bonds. The van der Waals surface area contributed by atoms with Gasteiger partial charge in [-0.3, -0.25) is 0 Å². The summed E-state index contributed by atoms with van der Waals surface area (Å²) in [6.45, 7) is 0. The van der Waals surface area contributed by atoms with E-state index in [1.807, 2.05) is 0 Å². The van der Waals surface area contributed by atoms with Crippen molar-refractivity contribution in [3.8, 4) is 23.0 Å². The molecule has 0 aromatic heterocycles. The molecule has 0 unspecified atom stereocenters. The number of halogens is 12. The van der Waals surface area contributed by atoms with Crippen LogP contribution in [0.4, 0.5) is 52.7 Å². The Morgan fingerprint density at radius 2 is 0.439 bits per heavy atom. The minimum absolute atomic E-state index is 0.386. The number of ether oxygens (including phenoxy) is 4. The van der Waals surface area contributed by atoms with Crippen LogP contribution in [0.15, 0.2) is 146 Å². The Bertz CT molecular complexity index is 2420. The number of hydrogen-bond acceptors (Lipinski definition) is 8. The maximum absolute atomic E-state index is 14.9. The van der Waals surface area contributed by atoms with E-state index in [4.69, 9.17) is 18.9 Å². The van der Waals surface area contributed by atoms with Gasteiger partial charge in [-0.05, 0) is 95.1 Å². The predicted octanol–water partition coefficient (Wildman–Crippen LogP) is 11.7. The van der Waals surface area contributed by atoms with Gasteiger partial charge < -0.3 is 18.9 Å². The van der Waals surface area contributed by atoms with E-state index in [0.29, 0.717) is 97.1 Å². The molecule has 6 aromatic carbocycles. The molecule has 0 fully saturated rings. The molecular weight excluding hydrogens is 908 g/mol. The van der Waals surface area contributed by atoms with Crippen LogP contribution in [0.1, 0.15) is 63.7 Å². The summed E-state index contributed by atoms with van der Waals surface area (Å²) in [7, 11) is 0. The summed E-state index contributed by atoms with van der Waals surface area (Å²) in [5.41, 5.74) is -17.4. The highest BCUT2D eigenvalue weighted by Gasteiger charge is 2.73. The van der Waals surface area contributed by atoms with Gasteiger partial charge in [-0.15, -0.1) is 0 Å². The number of carbonyl (C=O) groups is 4. The van der Waals surface area contributed by atoms with E-state index in [0.717, 1.165) is 24.3 Å². The van der Waals surface area contributed by atoms with Crippen molar-refractivity contribution in [2.45, 2.75) is 35.5 Å². The lowest BCUT2D eigenvalue weighted by Crippen LogP contribution is -2.54. The maximum atomic E-state index is 14.9. The molecule has 8 bridgehead atoms. The van der Waals surface area contributed by atoms with Crippen molar-refractivity contribution in [3.63, 3.8) is 0 Å². The van der Waals surface area contributed by atoms with E-state index in [1.54, 1.807) is 0 Å². The highest BCUT2D eigenvalue weighted by molar-refractivity contribution is 6.05. The van der Waals surface area contributed by atoms with Crippen LogP contribution in [0.5, 0.6) is 23.0 Å². The van der Waals surface area contributed by atoms with Crippen LogP contribution < -0.4 is 18.9 Å². The van der Waals surface area contributed by atoms with E-state index >= 15 is 0 Å². The standard InChI is InChI=1S/C46H24F12O8/c47-43(48,49)41(44(50,51)52)25-9-17-29(18-10-25)63-37(59)33-5-1-2-6-34(33)38(60)64-30-19-11-26(12-20-30)42(45(53,54)55,46(56,57)58)28-15-23-32(24-16-28)66-40(62)36-8-4-3-7-35(36)39(61)65-31-21-13-27(41)14-22-31/h1-24H. The van der Waals surface area contributed by atoms with E-state index < -0.39 is 127 Å². The van der Waals surface area contributed by atoms with E-state index in [2.05, 4.69) is 0 Å². The molecule has 0 aliphatic carbocycles. The average Bonchev–Trinajstić information content (AvgIpc) is 3.24. The van der Waals surface area contributed by atoms with Crippen LogP contribution >= 0.6 is 0 Å². The second-order valence-corrected chi connectivity index (χ2v) is 14.2. The second kappa shape index (κ2) is 16.7. The first-order valence-corrected chi connectivity index (χ1v) is 18.7. The van der Waals surface area contributed by atoms with E-state index in [1.165, 1.54) is 24.3 Å². The monoisotopic (exact) mass is 932 g/mol. The number of rotatable bonds is 0. The molecule has 0 radical (unpaired) electrons. The summed E-state index contributed by atoms with van der Waals surface area (Å²) < 4.78 is 200. The van der Waals surface area contributed by atoms with Gasteiger partial charge in [0.05, 0.1) is 22.3 Å². The summed E-state index contributed by atoms with van der Waals surface area (Å²) in [6.07, 6.45) is -24.3. The predicted molar refractivity (Wildman–Crippen MR) is 204 cm³/mol. The van der Waals surface area contributed by atoms with Crippen LogP contribution in [0, 0.1) is 0 Å². The molecule has 0 spiro atoms. The molecule has 7 aliphatic rings. The molecule has 7 aliphatic heterocycles. The number of alkyl halides is 12. The fraction of sp³-hybridized carbons (Fsp3) is 0.130. The lowest BCUT2D eigenvalue weighted by atomic mass is 9.73. The SMILES string of the molecule is O=C1Oc2ccc(cc2)C(C(F)(F)F)(C(F)(F)F)c2ccc(cc2)OC(=O)c2ccccc2C(=O)Oc2ccc(cc2)C(C(F)(F)F)(C(F)(F)F)c2ccc(cc2)OC(=O)c2ccccc21. The molecule has 13 rings (SSSR count). The first-order valence-electron chi connectivity index (χ1n) is 18.7. The minimum atomic E-state index is -6.08. The summed E-state index contributed by atoms with van der Waals surface area (Å²) in [4.78, 5) is 53.1. The quantitative estimate of drug-likeness (QED) is 0.0842. The number of esters is 4. The van der Waals surface area contributed by atoms with Crippen molar-refractivity contribution >= 4 is 23.9 Å². The third-order valence-corrected chi connectivity index (χ3v) is 10.4. The molecule has 7 heterocycles. The Balaban J connectivity index is 1.36. The smallest absolute Gasteiger partial charge is 0.411 e. The zero-order valence-electron chi connectivity index (χ0n) is 32.7. The third-order valence-electron chi connectivity index (χ3n) is 10.4. The lowest BCUT2D eigenvalue weighted by molar-refractivity contribution is -0.290. The molecule has 20 heteroatoms. The van der Waals surface area contributed by atoms with E-state index in [-0.39, 0.29) is 0 Å². The summed E-state index contributed by atoms with van der Waals surface area (Å²) in [5.74, 6) is -8.01. The second-order valence-electron chi connectivity index (χ2n) is 14.2. The van der Waals surface area contributed by atoms with Crippen molar-refractivity contribution in [1.29, 1.82) is 0 Å². The number of benzene rings is 6. The van der Waals surface area contributed by atoms with Crippen LogP contribution in [-0.2, 0) is 10.8 Å². The van der Waals surface area contributed by atoms with Gasteiger partial charge in [0.1, 0.15) is 23.0 Å². The average molecular weight is 933 g/mol. The van der Waals surface area contributed by atoms with Gasteiger partial charge in [0, 0.05) is 0 Å². The molecule has 8 nitrogen and oxygen atoms in total. The summed E-state index contributed by atoms with van der Waals surface area (Å²) in [6, 6.07) is 16.8. The number of carbonyl (C=O) groups excluding carboxylic acids is 4. The van der Waals surface area contributed by atoms with Gasteiger partial charge >= 0.3 is 48.6 Å². The highest BCUT2D eigenvalue weighted by Crippen LogP contribution is 2.58. The summed E-state index contributed by atoms with van der Waals surface area (Å²) in [5, 5.41) is 0. The van der Waals surface area contributed by atoms with Crippen LogP contribution in [0.3, 0.4) is 0 Å². The van der Waals surface area contributed by atoms with Crippen LogP contribution in [0.2, 0.25) is 0 Å². The Labute approximate surface area is 362 Å². The molecule has 0 N–H and O–H groups in total. The van der Waals surface area contributed by atoms with Gasteiger partial charge in [0.25, 0.3) is 0 Å². The molecule has 6 aromatic rings. The summed E-state index contributed by atoms with van der Waals surface area (Å²) >= 11 is 0. The van der Waals surface area contributed by atoms with Gasteiger partial charge in [0.15, 0.2) is 0 Å². The topological polar surface area (TPSA) is 105 Å². The van der Waals surface area contributed by atoms with Crippen LogP contribution in [0.25, 0.3) is 0 Å². The van der Waals surface area contributed by atoms with Crippen molar-refractivity contribution in [2.24, 2.45) is 0 Å². The molecule has 0 atom stereocenters. The first-order chi connectivity index (χ1) is 30.9. The highest BCUT2D eigenvalue weighted by atomic mass is 19.4. The van der Waals surface area contributed by atoms with Crippen molar-refractivity contribution < 1.29 is 90.8 Å². The van der Waals surface area contributed by atoms with Gasteiger partial charge in [-0.2, -0.15) is 52.7 Å². The molecule has 0 saturated heterocycles. The number of hydrogen-bond donors (Lipinski definition) is 0. The minimum Gasteiger partial charge on any atom is -0.423 e. The Morgan fingerprint density at radius 3 is 0.591 bits per heavy atom. The largest absolute Gasteiger partial charge is 0.423 e. The van der Waals surface area contributed by atoms with Gasteiger partial charge in [-0.1, -0.05) is 72.8 Å². The maximum Gasteiger partial charge on any atom is 0.411 e.